The van der Waals surface area contributed by atoms with Crippen LogP contribution in [0.2, 0.25) is 0 Å². The highest BCUT2D eigenvalue weighted by Gasteiger charge is 2.22. The van der Waals surface area contributed by atoms with E-state index in [4.69, 9.17) is 5.73 Å². The second-order valence-electron chi connectivity index (χ2n) is 5.91. The van der Waals surface area contributed by atoms with E-state index < -0.39 is 0 Å². The summed E-state index contributed by atoms with van der Waals surface area (Å²) in [5, 5.41) is 0. The first-order valence-electron chi connectivity index (χ1n) is 7.22. The molecule has 1 aliphatic heterocycles. The molecule has 0 saturated carbocycles. The van der Waals surface area contributed by atoms with Gasteiger partial charge in [0, 0.05) is 18.6 Å². The third kappa shape index (κ3) is 4.94. The van der Waals surface area contributed by atoms with Gasteiger partial charge in [-0.1, -0.05) is 20.8 Å². The maximum absolute atomic E-state index is 6.15. The summed E-state index contributed by atoms with van der Waals surface area (Å²) in [6, 6.07) is 1.08. The summed E-state index contributed by atoms with van der Waals surface area (Å²) in [6.45, 7) is 11.6. The standard InChI is InChI=1S/C14H31N3/c1-5-13-11-16(4)8-6-9-17(13)10-7-14(15)12(2)3/h12-14H,5-11,15H2,1-4H3. The largest absolute Gasteiger partial charge is 0.327 e. The molecule has 2 atom stereocenters. The highest BCUT2D eigenvalue weighted by Crippen LogP contribution is 2.14. The molecule has 1 heterocycles. The van der Waals surface area contributed by atoms with Crippen molar-refractivity contribution in [2.45, 2.75) is 52.1 Å². The molecule has 0 amide bonds. The first-order chi connectivity index (χ1) is 8.04. The summed E-state index contributed by atoms with van der Waals surface area (Å²) in [5.41, 5.74) is 6.15. The van der Waals surface area contributed by atoms with Gasteiger partial charge in [-0.3, -0.25) is 4.90 Å². The molecule has 1 aliphatic rings. The van der Waals surface area contributed by atoms with Gasteiger partial charge in [-0.15, -0.1) is 0 Å². The van der Waals surface area contributed by atoms with Crippen molar-refractivity contribution in [3.63, 3.8) is 0 Å². The summed E-state index contributed by atoms with van der Waals surface area (Å²) in [4.78, 5) is 5.13. The Bertz CT molecular complexity index is 206. The fourth-order valence-corrected chi connectivity index (χ4v) is 2.62. The van der Waals surface area contributed by atoms with Gasteiger partial charge in [-0.05, 0) is 51.9 Å². The van der Waals surface area contributed by atoms with Crippen molar-refractivity contribution in [1.29, 1.82) is 0 Å². The van der Waals surface area contributed by atoms with Crippen LogP contribution in [-0.4, -0.2) is 55.1 Å². The predicted octanol–water partition coefficient (Wildman–Crippen LogP) is 1.78. The molecule has 102 valence electrons. The van der Waals surface area contributed by atoms with Crippen molar-refractivity contribution < 1.29 is 0 Å². The highest BCUT2D eigenvalue weighted by molar-refractivity contribution is 4.79. The van der Waals surface area contributed by atoms with Crippen LogP contribution in [0.4, 0.5) is 0 Å². The summed E-state index contributed by atoms with van der Waals surface area (Å²) >= 11 is 0. The van der Waals surface area contributed by atoms with E-state index in [1.54, 1.807) is 0 Å². The topological polar surface area (TPSA) is 32.5 Å². The molecule has 0 spiro atoms. The van der Waals surface area contributed by atoms with E-state index in [9.17, 15) is 0 Å². The molecule has 0 bridgehead atoms. The Kier molecular flexibility index (Phi) is 6.45. The van der Waals surface area contributed by atoms with Crippen molar-refractivity contribution in [2.75, 3.05) is 33.2 Å². The van der Waals surface area contributed by atoms with Gasteiger partial charge in [0.1, 0.15) is 0 Å². The lowest BCUT2D eigenvalue weighted by atomic mass is 10.0. The highest BCUT2D eigenvalue weighted by atomic mass is 15.2. The van der Waals surface area contributed by atoms with Crippen LogP contribution in [0.5, 0.6) is 0 Å². The lowest BCUT2D eigenvalue weighted by molar-refractivity contribution is 0.174. The first kappa shape index (κ1) is 14.9. The molecule has 1 fully saturated rings. The van der Waals surface area contributed by atoms with E-state index in [-0.39, 0.29) is 0 Å². The van der Waals surface area contributed by atoms with Gasteiger partial charge < -0.3 is 10.6 Å². The first-order valence-corrected chi connectivity index (χ1v) is 7.22. The van der Waals surface area contributed by atoms with Crippen molar-refractivity contribution in [3.05, 3.63) is 0 Å². The molecule has 0 radical (unpaired) electrons. The van der Waals surface area contributed by atoms with Gasteiger partial charge in [-0.25, -0.2) is 0 Å². The smallest absolute Gasteiger partial charge is 0.0220 e. The van der Waals surface area contributed by atoms with Gasteiger partial charge in [0.15, 0.2) is 0 Å². The van der Waals surface area contributed by atoms with Crippen LogP contribution in [0.1, 0.15) is 40.0 Å². The number of nitrogens with two attached hydrogens (primary N) is 1. The molecular formula is C14H31N3. The van der Waals surface area contributed by atoms with Gasteiger partial charge in [0.2, 0.25) is 0 Å². The van der Waals surface area contributed by atoms with E-state index in [1.165, 1.54) is 39.0 Å². The average molecular weight is 241 g/mol. The fraction of sp³-hybridized carbons (Fsp3) is 1.00. The summed E-state index contributed by atoms with van der Waals surface area (Å²) in [7, 11) is 2.24. The second-order valence-corrected chi connectivity index (χ2v) is 5.91. The minimum atomic E-state index is 0.355. The molecule has 0 aromatic carbocycles. The summed E-state index contributed by atoms with van der Waals surface area (Å²) in [6.07, 6.45) is 3.68. The molecule has 3 heteroatoms. The Morgan fingerprint density at radius 1 is 1.29 bits per heavy atom. The lowest BCUT2D eigenvalue weighted by Gasteiger charge is -2.31. The van der Waals surface area contributed by atoms with Crippen LogP contribution in [0, 0.1) is 5.92 Å². The van der Waals surface area contributed by atoms with Crippen molar-refractivity contribution in [2.24, 2.45) is 11.7 Å². The maximum Gasteiger partial charge on any atom is 0.0220 e. The van der Waals surface area contributed by atoms with Crippen LogP contribution in [0.25, 0.3) is 0 Å². The van der Waals surface area contributed by atoms with Crippen molar-refractivity contribution >= 4 is 0 Å². The van der Waals surface area contributed by atoms with E-state index in [0.29, 0.717) is 12.0 Å². The van der Waals surface area contributed by atoms with Gasteiger partial charge in [0.25, 0.3) is 0 Å². The molecule has 1 rings (SSSR count). The predicted molar refractivity (Wildman–Crippen MR) is 75.2 cm³/mol. The van der Waals surface area contributed by atoms with Crippen molar-refractivity contribution in [1.82, 2.24) is 9.80 Å². The Balaban J connectivity index is 2.43. The molecular weight excluding hydrogens is 210 g/mol. The van der Waals surface area contributed by atoms with Crippen LogP contribution in [-0.2, 0) is 0 Å². The van der Waals surface area contributed by atoms with E-state index in [2.05, 4.69) is 37.6 Å². The second kappa shape index (κ2) is 7.34. The van der Waals surface area contributed by atoms with E-state index >= 15 is 0 Å². The molecule has 2 unspecified atom stereocenters. The molecule has 3 nitrogen and oxygen atoms in total. The zero-order chi connectivity index (χ0) is 12.8. The number of likely N-dealkylation sites (N-methyl/N-ethyl adjacent to an activating group) is 1. The maximum atomic E-state index is 6.15. The zero-order valence-corrected chi connectivity index (χ0v) is 12.2. The molecule has 0 aliphatic carbocycles. The molecule has 2 N–H and O–H groups in total. The minimum absolute atomic E-state index is 0.355. The Labute approximate surface area is 107 Å². The van der Waals surface area contributed by atoms with Gasteiger partial charge >= 0.3 is 0 Å². The number of hydrogen-bond donors (Lipinski definition) is 1. The Morgan fingerprint density at radius 2 is 2.00 bits per heavy atom. The van der Waals surface area contributed by atoms with Crippen LogP contribution < -0.4 is 5.73 Å². The molecule has 17 heavy (non-hydrogen) atoms. The third-order valence-electron chi connectivity index (χ3n) is 4.10. The van der Waals surface area contributed by atoms with Crippen LogP contribution in [0.3, 0.4) is 0 Å². The fourth-order valence-electron chi connectivity index (χ4n) is 2.62. The summed E-state index contributed by atoms with van der Waals surface area (Å²) in [5.74, 6) is 0.602. The third-order valence-corrected chi connectivity index (χ3v) is 4.10. The zero-order valence-electron chi connectivity index (χ0n) is 12.2. The quantitative estimate of drug-likeness (QED) is 0.796. The van der Waals surface area contributed by atoms with Crippen LogP contribution >= 0.6 is 0 Å². The lowest BCUT2D eigenvalue weighted by Crippen LogP contribution is -2.42. The molecule has 0 aromatic rings. The summed E-state index contributed by atoms with van der Waals surface area (Å²) < 4.78 is 0. The Morgan fingerprint density at radius 3 is 2.59 bits per heavy atom. The number of rotatable bonds is 5. The Hall–Kier alpha value is -0.120. The SMILES string of the molecule is CCC1CN(C)CCCN1CCC(N)C(C)C. The van der Waals surface area contributed by atoms with Crippen molar-refractivity contribution in [3.8, 4) is 0 Å². The monoisotopic (exact) mass is 241 g/mol. The number of hydrogen-bond acceptors (Lipinski definition) is 3. The number of nitrogens with zero attached hydrogens (tertiary/aromatic N) is 2. The molecule has 1 saturated heterocycles. The molecule has 0 aromatic heterocycles. The van der Waals surface area contributed by atoms with E-state index in [1.807, 2.05) is 0 Å². The normalized spacial score (nSPS) is 26.1. The van der Waals surface area contributed by atoms with Gasteiger partial charge in [-0.2, -0.15) is 0 Å². The average Bonchev–Trinajstić information content (AvgIpc) is 2.47. The van der Waals surface area contributed by atoms with E-state index in [0.717, 1.165) is 12.5 Å². The van der Waals surface area contributed by atoms with Gasteiger partial charge in [0.05, 0.1) is 0 Å². The van der Waals surface area contributed by atoms with Crippen LogP contribution in [0.15, 0.2) is 0 Å². The minimum Gasteiger partial charge on any atom is -0.327 e.